The number of benzene rings is 1. The number of para-hydroxylation sites is 1. The molecule has 2 rings (SSSR count). The second kappa shape index (κ2) is 5.12. The first-order chi connectivity index (χ1) is 8.58. The molecule has 0 unspecified atom stereocenters. The lowest BCUT2D eigenvalue weighted by molar-refractivity contribution is 0.469. The summed E-state index contributed by atoms with van der Waals surface area (Å²) >= 11 is 0. The Balaban J connectivity index is 2.09. The van der Waals surface area contributed by atoms with Gasteiger partial charge in [0, 0.05) is 29.9 Å². The van der Waals surface area contributed by atoms with Crippen LogP contribution < -0.4 is 5.32 Å². The summed E-state index contributed by atoms with van der Waals surface area (Å²) in [5.74, 6) is 1.18. The molecule has 4 heteroatoms. The normalized spacial score (nSPS) is 10.9. The van der Waals surface area contributed by atoms with Crippen molar-refractivity contribution in [2.24, 2.45) is 0 Å². The Morgan fingerprint density at radius 2 is 2.06 bits per heavy atom. The number of aryl methyl sites for hydroxylation is 1. The lowest BCUT2D eigenvalue weighted by Crippen LogP contribution is -2.04. The van der Waals surface area contributed by atoms with E-state index in [9.17, 15) is 5.11 Å². The first-order valence-corrected chi connectivity index (χ1v) is 6.14. The Morgan fingerprint density at radius 3 is 2.67 bits per heavy atom. The van der Waals surface area contributed by atoms with E-state index in [4.69, 9.17) is 0 Å². The maximum Gasteiger partial charge on any atom is 0.151 e. The van der Waals surface area contributed by atoms with Gasteiger partial charge in [-0.1, -0.05) is 18.2 Å². The highest BCUT2D eigenvalue weighted by Gasteiger charge is 2.07. The molecular formula is C14H19N3O. The minimum atomic E-state index is 0.311. The molecule has 96 valence electrons. The van der Waals surface area contributed by atoms with Gasteiger partial charge in [-0.25, -0.2) is 0 Å². The van der Waals surface area contributed by atoms with E-state index in [2.05, 4.69) is 24.3 Å². The maximum atomic E-state index is 9.69. The van der Waals surface area contributed by atoms with Gasteiger partial charge in [0.1, 0.15) is 5.75 Å². The van der Waals surface area contributed by atoms with Gasteiger partial charge in [-0.2, -0.15) is 5.10 Å². The van der Waals surface area contributed by atoms with Gasteiger partial charge >= 0.3 is 0 Å². The summed E-state index contributed by atoms with van der Waals surface area (Å²) in [7, 11) is 0. The van der Waals surface area contributed by atoms with Crippen LogP contribution in [0.5, 0.6) is 5.75 Å². The molecule has 1 aromatic heterocycles. The molecule has 0 radical (unpaired) electrons. The van der Waals surface area contributed by atoms with Crippen LogP contribution in [-0.4, -0.2) is 14.9 Å². The van der Waals surface area contributed by atoms with E-state index in [-0.39, 0.29) is 0 Å². The van der Waals surface area contributed by atoms with Crippen LogP contribution in [0.1, 0.15) is 31.0 Å². The molecule has 0 amide bonds. The van der Waals surface area contributed by atoms with Crippen LogP contribution in [0, 0.1) is 6.92 Å². The summed E-state index contributed by atoms with van der Waals surface area (Å²) in [6.07, 6.45) is 2.03. The Hall–Kier alpha value is -1.97. The molecule has 0 saturated heterocycles. The summed E-state index contributed by atoms with van der Waals surface area (Å²) in [4.78, 5) is 0. The highest BCUT2D eigenvalue weighted by atomic mass is 16.3. The number of nitrogens with one attached hydrogen (secondary N) is 1. The summed E-state index contributed by atoms with van der Waals surface area (Å²) in [6, 6.07) is 7.67. The number of hydrogen-bond donors (Lipinski definition) is 2. The van der Waals surface area contributed by atoms with Crippen LogP contribution in [-0.2, 0) is 6.54 Å². The Morgan fingerprint density at radius 1 is 1.33 bits per heavy atom. The average Bonchev–Trinajstić information content (AvgIpc) is 2.70. The van der Waals surface area contributed by atoms with E-state index < -0.39 is 0 Å². The smallest absolute Gasteiger partial charge is 0.151 e. The highest BCUT2D eigenvalue weighted by molar-refractivity contribution is 5.44. The number of nitrogens with zero attached hydrogens (tertiary/aromatic N) is 2. The van der Waals surface area contributed by atoms with Crippen LogP contribution >= 0.6 is 0 Å². The van der Waals surface area contributed by atoms with Gasteiger partial charge in [-0.3, -0.25) is 4.68 Å². The van der Waals surface area contributed by atoms with E-state index in [0.29, 0.717) is 18.3 Å². The van der Waals surface area contributed by atoms with Crippen LogP contribution in [0.2, 0.25) is 0 Å². The molecule has 18 heavy (non-hydrogen) atoms. The van der Waals surface area contributed by atoms with Crippen molar-refractivity contribution in [2.75, 3.05) is 5.32 Å². The number of rotatable bonds is 4. The fraction of sp³-hybridized carbons (Fsp3) is 0.357. The molecule has 0 aliphatic carbocycles. The number of aromatic nitrogens is 2. The van der Waals surface area contributed by atoms with Crippen LogP contribution in [0.15, 0.2) is 30.5 Å². The van der Waals surface area contributed by atoms with E-state index in [0.717, 1.165) is 16.9 Å². The van der Waals surface area contributed by atoms with Gasteiger partial charge in [0.05, 0.1) is 0 Å². The van der Waals surface area contributed by atoms with Gasteiger partial charge < -0.3 is 10.4 Å². The van der Waals surface area contributed by atoms with Gasteiger partial charge in [0.2, 0.25) is 0 Å². The summed E-state index contributed by atoms with van der Waals surface area (Å²) in [6.45, 7) is 6.79. The van der Waals surface area contributed by atoms with Crippen LogP contribution in [0.4, 0.5) is 5.82 Å². The zero-order valence-corrected chi connectivity index (χ0v) is 11.0. The minimum Gasteiger partial charge on any atom is -0.508 e. The predicted molar refractivity (Wildman–Crippen MR) is 72.8 cm³/mol. The summed E-state index contributed by atoms with van der Waals surface area (Å²) < 4.78 is 1.93. The number of anilines is 1. The Labute approximate surface area is 107 Å². The molecule has 0 bridgehead atoms. The van der Waals surface area contributed by atoms with Crippen LogP contribution in [0.3, 0.4) is 0 Å². The molecule has 0 saturated carbocycles. The minimum absolute atomic E-state index is 0.311. The first-order valence-electron chi connectivity index (χ1n) is 6.14. The SMILES string of the molecule is Cc1cn(C(C)C)nc1NCc1ccccc1O. The molecule has 0 fully saturated rings. The third-order valence-corrected chi connectivity index (χ3v) is 2.88. The molecule has 0 spiro atoms. The molecular weight excluding hydrogens is 226 g/mol. The number of aromatic hydroxyl groups is 1. The second-order valence-corrected chi connectivity index (χ2v) is 4.72. The third-order valence-electron chi connectivity index (χ3n) is 2.88. The van der Waals surface area contributed by atoms with Crippen molar-refractivity contribution >= 4 is 5.82 Å². The molecule has 0 aliphatic rings. The first kappa shape index (κ1) is 12.5. The van der Waals surface area contributed by atoms with Gasteiger partial charge in [-0.05, 0) is 26.8 Å². The van der Waals surface area contributed by atoms with Crippen molar-refractivity contribution in [1.29, 1.82) is 0 Å². The lowest BCUT2D eigenvalue weighted by atomic mass is 10.2. The molecule has 1 heterocycles. The van der Waals surface area contributed by atoms with E-state index in [1.54, 1.807) is 6.07 Å². The van der Waals surface area contributed by atoms with E-state index >= 15 is 0 Å². The maximum absolute atomic E-state index is 9.69. The van der Waals surface area contributed by atoms with Gasteiger partial charge in [0.25, 0.3) is 0 Å². The zero-order chi connectivity index (χ0) is 13.1. The molecule has 1 aromatic carbocycles. The fourth-order valence-corrected chi connectivity index (χ4v) is 1.76. The average molecular weight is 245 g/mol. The topological polar surface area (TPSA) is 50.1 Å². The Kier molecular flexibility index (Phi) is 3.55. The second-order valence-electron chi connectivity index (χ2n) is 4.72. The fourth-order valence-electron chi connectivity index (χ4n) is 1.76. The third kappa shape index (κ3) is 2.64. The largest absolute Gasteiger partial charge is 0.508 e. The number of phenolic OH excluding ortho intramolecular Hbond substituents is 1. The van der Waals surface area contributed by atoms with Crippen molar-refractivity contribution in [2.45, 2.75) is 33.4 Å². The van der Waals surface area contributed by atoms with E-state index in [1.807, 2.05) is 36.0 Å². The van der Waals surface area contributed by atoms with Crippen molar-refractivity contribution in [3.8, 4) is 5.75 Å². The summed E-state index contributed by atoms with van der Waals surface area (Å²) in [5, 5.41) is 17.4. The molecule has 0 aliphatic heterocycles. The lowest BCUT2D eigenvalue weighted by Gasteiger charge is -2.07. The highest BCUT2D eigenvalue weighted by Crippen LogP contribution is 2.19. The molecule has 4 nitrogen and oxygen atoms in total. The van der Waals surface area contributed by atoms with Crippen molar-refractivity contribution < 1.29 is 5.11 Å². The molecule has 2 N–H and O–H groups in total. The zero-order valence-electron chi connectivity index (χ0n) is 11.0. The van der Waals surface area contributed by atoms with E-state index in [1.165, 1.54) is 0 Å². The van der Waals surface area contributed by atoms with Crippen LogP contribution in [0.25, 0.3) is 0 Å². The molecule has 0 atom stereocenters. The van der Waals surface area contributed by atoms with Crippen molar-refractivity contribution in [3.63, 3.8) is 0 Å². The summed E-state index contributed by atoms with van der Waals surface area (Å²) in [5.41, 5.74) is 1.98. The number of hydrogen-bond acceptors (Lipinski definition) is 3. The molecule has 2 aromatic rings. The predicted octanol–water partition coefficient (Wildman–Crippen LogP) is 3.09. The van der Waals surface area contributed by atoms with Crippen molar-refractivity contribution in [1.82, 2.24) is 9.78 Å². The number of phenols is 1. The quantitative estimate of drug-likeness (QED) is 0.870. The standard InChI is InChI=1S/C14H19N3O/c1-10(2)17-9-11(3)14(16-17)15-8-12-6-4-5-7-13(12)18/h4-7,9-10,18H,8H2,1-3H3,(H,15,16). The van der Waals surface area contributed by atoms with Crippen molar-refractivity contribution in [3.05, 3.63) is 41.6 Å². The monoisotopic (exact) mass is 245 g/mol. The van der Waals surface area contributed by atoms with Gasteiger partial charge in [-0.15, -0.1) is 0 Å². The van der Waals surface area contributed by atoms with Gasteiger partial charge in [0.15, 0.2) is 5.82 Å². The Bertz CT molecular complexity index is 532.